The van der Waals surface area contributed by atoms with Crippen LogP contribution in [0.25, 0.3) is 0 Å². The number of halogens is 1. The number of carbonyl (C=O) groups is 1. The van der Waals surface area contributed by atoms with E-state index in [0.29, 0.717) is 17.3 Å². The molecule has 0 aliphatic heterocycles. The first-order chi connectivity index (χ1) is 12.5. The maximum absolute atomic E-state index is 13.2. The number of hydrogen-bond acceptors (Lipinski definition) is 5. The highest BCUT2D eigenvalue weighted by Gasteiger charge is 2.11. The molecule has 0 aliphatic carbocycles. The Morgan fingerprint density at radius 3 is 2.50 bits per heavy atom. The zero-order chi connectivity index (χ0) is 18.5. The van der Waals surface area contributed by atoms with Gasteiger partial charge in [0.2, 0.25) is 0 Å². The summed E-state index contributed by atoms with van der Waals surface area (Å²) in [6, 6.07) is 14.5. The fourth-order valence-corrected chi connectivity index (χ4v) is 2.33. The fourth-order valence-electron chi connectivity index (χ4n) is 2.33. The number of carbonyl (C=O) groups excluding carboxylic acids is 1. The van der Waals surface area contributed by atoms with Crippen LogP contribution in [0.5, 0.6) is 5.75 Å². The number of ether oxygens (including phenoxy) is 1. The molecule has 0 fully saturated rings. The van der Waals surface area contributed by atoms with E-state index < -0.39 is 11.7 Å². The van der Waals surface area contributed by atoms with Crippen molar-refractivity contribution in [3.8, 4) is 5.75 Å². The third-order valence-electron chi connectivity index (χ3n) is 3.52. The van der Waals surface area contributed by atoms with E-state index in [1.165, 1.54) is 24.3 Å². The van der Waals surface area contributed by atoms with Crippen LogP contribution < -0.4 is 15.4 Å². The number of anilines is 3. The van der Waals surface area contributed by atoms with Gasteiger partial charge in [-0.1, -0.05) is 6.07 Å². The van der Waals surface area contributed by atoms with Crippen LogP contribution in [-0.4, -0.2) is 23.0 Å². The minimum atomic E-state index is -0.445. The van der Waals surface area contributed by atoms with Crippen LogP contribution >= 0.6 is 0 Å². The Hall–Kier alpha value is -3.48. The molecule has 0 bridgehead atoms. The normalized spacial score (nSPS) is 10.3. The number of amides is 1. The van der Waals surface area contributed by atoms with Crippen molar-refractivity contribution in [1.82, 2.24) is 9.97 Å². The molecule has 3 rings (SSSR count). The first-order valence-electron chi connectivity index (χ1n) is 7.87. The standard InChI is InChI=1S/C19H17FN4O2/c1-12-21-17(19(25)24-15-5-3-4-13(20)10-15)11-18(22-12)23-14-6-8-16(26-2)9-7-14/h3-11H,1-2H3,(H,24,25)(H,21,22,23). The number of benzene rings is 2. The molecule has 0 spiro atoms. The molecule has 0 radical (unpaired) electrons. The number of nitrogens with zero attached hydrogens (tertiary/aromatic N) is 2. The van der Waals surface area contributed by atoms with Gasteiger partial charge in [0.1, 0.15) is 28.9 Å². The molecule has 1 amide bonds. The van der Waals surface area contributed by atoms with E-state index >= 15 is 0 Å². The van der Waals surface area contributed by atoms with Gasteiger partial charge in [0.05, 0.1) is 7.11 Å². The summed E-state index contributed by atoms with van der Waals surface area (Å²) in [6.07, 6.45) is 0. The van der Waals surface area contributed by atoms with Crippen LogP contribution in [0.15, 0.2) is 54.6 Å². The van der Waals surface area contributed by atoms with E-state index in [4.69, 9.17) is 4.74 Å². The second-order valence-corrected chi connectivity index (χ2v) is 5.50. The van der Waals surface area contributed by atoms with Gasteiger partial charge in [-0.05, 0) is 49.4 Å². The van der Waals surface area contributed by atoms with Crippen LogP contribution in [0.1, 0.15) is 16.3 Å². The number of aryl methyl sites for hydroxylation is 1. The molecule has 2 N–H and O–H groups in total. The maximum Gasteiger partial charge on any atom is 0.274 e. The summed E-state index contributed by atoms with van der Waals surface area (Å²) in [5.41, 5.74) is 1.33. The van der Waals surface area contributed by atoms with Gasteiger partial charge < -0.3 is 15.4 Å². The second kappa shape index (κ2) is 7.60. The van der Waals surface area contributed by atoms with Crippen molar-refractivity contribution in [3.63, 3.8) is 0 Å². The lowest BCUT2D eigenvalue weighted by molar-refractivity contribution is 0.102. The molecular weight excluding hydrogens is 335 g/mol. The first-order valence-corrected chi connectivity index (χ1v) is 7.87. The quantitative estimate of drug-likeness (QED) is 0.728. The third-order valence-corrected chi connectivity index (χ3v) is 3.52. The van der Waals surface area contributed by atoms with Gasteiger partial charge in [-0.2, -0.15) is 0 Å². The number of nitrogens with one attached hydrogen (secondary N) is 2. The van der Waals surface area contributed by atoms with E-state index in [1.54, 1.807) is 20.1 Å². The molecule has 132 valence electrons. The zero-order valence-electron chi connectivity index (χ0n) is 14.3. The first kappa shape index (κ1) is 17.3. The van der Waals surface area contributed by atoms with E-state index in [-0.39, 0.29) is 5.69 Å². The minimum absolute atomic E-state index is 0.178. The van der Waals surface area contributed by atoms with Crippen LogP contribution in [0.2, 0.25) is 0 Å². The molecular formula is C19H17FN4O2. The summed E-state index contributed by atoms with van der Waals surface area (Å²) in [5, 5.41) is 5.74. The predicted molar refractivity (Wildman–Crippen MR) is 97.4 cm³/mol. The summed E-state index contributed by atoms with van der Waals surface area (Å²) < 4.78 is 18.4. The molecule has 2 aromatic carbocycles. The smallest absolute Gasteiger partial charge is 0.274 e. The highest BCUT2D eigenvalue weighted by molar-refractivity contribution is 6.03. The molecule has 0 unspecified atom stereocenters. The zero-order valence-corrected chi connectivity index (χ0v) is 14.3. The van der Waals surface area contributed by atoms with Crippen molar-refractivity contribution < 1.29 is 13.9 Å². The molecule has 0 saturated heterocycles. The van der Waals surface area contributed by atoms with Crippen LogP contribution in [0, 0.1) is 12.7 Å². The number of methoxy groups -OCH3 is 1. The summed E-state index contributed by atoms with van der Waals surface area (Å²) in [7, 11) is 1.60. The van der Waals surface area contributed by atoms with Crippen LogP contribution in [0.4, 0.5) is 21.6 Å². The van der Waals surface area contributed by atoms with Gasteiger partial charge in [0, 0.05) is 17.4 Å². The monoisotopic (exact) mass is 352 g/mol. The number of rotatable bonds is 5. The Morgan fingerprint density at radius 2 is 1.81 bits per heavy atom. The molecule has 7 heteroatoms. The summed E-state index contributed by atoms with van der Waals surface area (Å²) in [4.78, 5) is 20.8. The Balaban J connectivity index is 1.79. The molecule has 0 saturated carbocycles. The SMILES string of the molecule is COc1ccc(Nc2cc(C(=O)Nc3cccc(F)c3)nc(C)n2)cc1. The highest BCUT2D eigenvalue weighted by Crippen LogP contribution is 2.19. The topological polar surface area (TPSA) is 76.1 Å². The minimum Gasteiger partial charge on any atom is -0.497 e. The fraction of sp³-hybridized carbons (Fsp3) is 0.105. The Bertz CT molecular complexity index is 929. The van der Waals surface area contributed by atoms with Gasteiger partial charge in [-0.25, -0.2) is 14.4 Å². The summed E-state index contributed by atoms with van der Waals surface area (Å²) in [5.74, 6) is 0.784. The molecule has 3 aromatic rings. The lowest BCUT2D eigenvalue weighted by Gasteiger charge is -2.10. The Morgan fingerprint density at radius 1 is 1.04 bits per heavy atom. The molecule has 1 aromatic heterocycles. The van der Waals surface area contributed by atoms with Gasteiger partial charge >= 0.3 is 0 Å². The predicted octanol–water partition coefficient (Wildman–Crippen LogP) is 3.93. The Kier molecular flexibility index (Phi) is 5.07. The maximum atomic E-state index is 13.2. The summed E-state index contributed by atoms with van der Waals surface area (Å²) in [6.45, 7) is 1.69. The lowest BCUT2D eigenvalue weighted by atomic mass is 10.2. The van der Waals surface area contributed by atoms with Gasteiger partial charge in [0.25, 0.3) is 5.91 Å². The number of aromatic nitrogens is 2. The van der Waals surface area contributed by atoms with Gasteiger partial charge in [-0.3, -0.25) is 4.79 Å². The lowest BCUT2D eigenvalue weighted by Crippen LogP contribution is -2.15. The third kappa shape index (κ3) is 4.32. The number of hydrogen-bond donors (Lipinski definition) is 2. The van der Waals surface area contributed by atoms with E-state index in [0.717, 1.165) is 11.4 Å². The van der Waals surface area contributed by atoms with Gasteiger partial charge in [-0.15, -0.1) is 0 Å². The molecule has 0 aliphatic rings. The van der Waals surface area contributed by atoms with Gasteiger partial charge in [0.15, 0.2) is 0 Å². The summed E-state index contributed by atoms with van der Waals surface area (Å²) >= 11 is 0. The van der Waals surface area contributed by atoms with Crippen molar-refractivity contribution in [2.75, 3.05) is 17.7 Å². The Labute approximate surface area is 150 Å². The molecule has 0 atom stereocenters. The van der Waals surface area contributed by atoms with E-state index in [9.17, 15) is 9.18 Å². The highest BCUT2D eigenvalue weighted by atomic mass is 19.1. The average molecular weight is 352 g/mol. The van der Waals surface area contributed by atoms with E-state index in [1.807, 2.05) is 24.3 Å². The van der Waals surface area contributed by atoms with Crippen LogP contribution in [0.3, 0.4) is 0 Å². The van der Waals surface area contributed by atoms with Crippen molar-refractivity contribution in [2.24, 2.45) is 0 Å². The second-order valence-electron chi connectivity index (χ2n) is 5.50. The van der Waals surface area contributed by atoms with Crippen molar-refractivity contribution in [2.45, 2.75) is 6.92 Å². The van der Waals surface area contributed by atoms with Crippen molar-refractivity contribution in [3.05, 3.63) is 71.9 Å². The van der Waals surface area contributed by atoms with Crippen LogP contribution in [-0.2, 0) is 0 Å². The molecule has 26 heavy (non-hydrogen) atoms. The van der Waals surface area contributed by atoms with E-state index in [2.05, 4.69) is 20.6 Å². The molecule has 1 heterocycles. The largest absolute Gasteiger partial charge is 0.497 e. The average Bonchev–Trinajstić information content (AvgIpc) is 2.62. The van der Waals surface area contributed by atoms with Crippen molar-refractivity contribution >= 4 is 23.1 Å². The molecule has 6 nitrogen and oxygen atoms in total. The van der Waals surface area contributed by atoms with Crippen molar-refractivity contribution in [1.29, 1.82) is 0 Å².